The Balaban J connectivity index is 0.940. The highest BCUT2D eigenvalue weighted by atomic mass is 32.1. The molecule has 0 amide bonds. The number of benzene rings is 9. The van der Waals surface area contributed by atoms with E-state index in [1.807, 2.05) is 11.3 Å². The van der Waals surface area contributed by atoms with Crippen LogP contribution in [0.1, 0.15) is 0 Å². The van der Waals surface area contributed by atoms with E-state index >= 15 is 0 Å². The molecule has 0 bridgehead atoms. The Morgan fingerprint density at radius 3 is 1.29 bits per heavy atom. The molecule has 0 spiro atoms. The van der Waals surface area contributed by atoms with Crippen molar-refractivity contribution in [1.29, 1.82) is 0 Å². The standard InChI is InChI=1S/C60H36N4S/c1-6-19-53-45(12-1)46-13-2-7-20-54(46)63(53)42-34-41(35-43(36-42)64-55-21-8-3-14-47(55)48-15-4-9-22-56(48)64)52-33-31-40-29-28-39-30-32-51(61-58(39)59(40)62-52)38-26-24-37(25-27-38)44-17-11-18-50-49-16-5-10-23-57(49)65-60(44)50/h1-36H. The lowest BCUT2D eigenvalue weighted by Gasteiger charge is -2.16. The average Bonchev–Trinajstić information content (AvgIpc) is 4.04. The van der Waals surface area contributed by atoms with Crippen molar-refractivity contribution in [3.63, 3.8) is 0 Å². The van der Waals surface area contributed by atoms with Crippen LogP contribution in [-0.2, 0) is 0 Å². The van der Waals surface area contributed by atoms with Gasteiger partial charge in [-0.3, -0.25) is 0 Å². The second-order valence-electron chi connectivity index (χ2n) is 16.9. The van der Waals surface area contributed by atoms with Crippen LogP contribution in [0.15, 0.2) is 218 Å². The Morgan fingerprint density at radius 1 is 0.323 bits per heavy atom. The third-order valence-electron chi connectivity index (χ3n) is 13.3. The van der Waals surface area contributed by atoms with E-state index in [4.69, 9.17) is 9.97 Å². The van der Waals surface area contributed by atoms with E-state index < -0.39 is 0 Å². The van der Waals surface area contributed by atoms with Crippen LogP contribution in [0.5, 0.6) is 0 Å². The highest BCUT2D eigenvalue weighted by Crippen LogP contribution is 2.41. The van der Waals surface area contributed by atoms with Gasteiger partial charge in [0.05, 0.1) is 44.5 Å². The zero-order chi connectivity index (χ0) is 42.6. The van der Waals surface area contributed by atoms with Gasteiger partial charge in [0.25, 0.3) is 0 Å². The molecule has 9 aromatic carbocycles. The number of aromatic nitrogens is 4. The third kappa shape index (κ3) is 5.56. The van der Waals surface area contributed by atoms with Crippen molar-refractivity contribution in [3.8, 4) is 45.0 Å². The Hall–Kier alpha value is -8.38. The molecule has 0 aliphatic carbocycles. The summed E-state index contributed by atoms with van der Waals surface area (Å²) < 4.78 is 7.45. The molecule has 0 unspecified atom stereocenters. The van der Waals surface area contributed by atoms with Crippen LogP contribution >= 0.6 is 11.3 Å². The summed E-state index contributed by atoms with van der Waals surface area (Å²) in [4.78, 5) is 10.9. The minimum absolute atomic E-state index is 0.885. The van der Waals surface area contributed by atoms with Crippen molar-refractivity contribution in [2.45, 2.75) is 0 Å². The van der Waals surface area contributed by atoms with E-state index in [2.05, 4.69) is 228 Å². The normalized spacial score (nSPS) is 12.0. The highest BCUT2D eigenvalue weighted by Gasteiger charge is 2.19. The minimum Gasteiger partial charge on any atom is -0.309 e. The molecule has 302 valence electrons. The lowest BCUT2D eigenvalue weighted by molar-refractivity contribution is 1.13. The Kier molecular flexibility index (Phi) is 7.82. The first kappa shape index (κ1) is 36.1. The molecule has 0 N–H and O–H groups in total. The maximum absolute atomic E-state index is 5.52. The van der Waals surface area contributed by atoms with Gasteiger partial charge in [0.15, 0.2) is 0 Å². The number of fused-ring (bicyclic) bond motifs is 12. The van der Waals surface area contributed by atoms with Gasteiger partial charge in [0.2, 0.25) is 0 Å². The topological polar surface area (TPSA) is 35.6 Å². The van der Waals surface area contributed by atoms with Crippen molar-refractivity contribution in [2.24, 2.45) is 0 Å². The molecule has 0 atom stereocenters. The number of pyridine rings is 2. The molecular formula is C60H36N4S. The maximum Gasteiger partial charge on any atom is 0.0972 e. The fourth-order valence-electron chi connectivity index (χ4n) is 10.3. The maximum atomic E-state index is 5.52. The highest BCUT2D eigenvalue weighted by molar-refractivity contribution is 7.26. The van der Waals surface area contributed by atoms with E-state index in [0.717, 1.165) is 55.7 Å². The first-order valence-corrected chi connectivity index (χ1v) is 22.9. The second-order valence-corrected chi connectivity index (χ2v) is 18.0. The quantitative estimate of drug-likeness (QED) is 0.162. The zero-order valence-electron chi connectivity index (χ0n) is 35.0. The van der Waals surface area contributed by atoms with Crippen LogP contribution < -0.4 is 0 Å². The molecule has 0 saturated heterocycles. The van der Waals surface area contributed by atoms with Crippen molar-refractivity contribution in [2.75, 3.05) is 0 Å². The molecule has 0 aliphatic rings. The minimum atomic E-state index is 0.885. The van der Waals surface area contributed by atoms with Gasteiger partial charge in [-0.25, -0.2) is 9.97 Å². The van der Waals surface area contributed by atoms with Gasteiger partial charge in [0.1, 0.15) is 0 Å². The number of rotatable bonds is 5. The predicted octanol–water partition coefficient (Wildman–Crippen LogP) is 16.3. The van der Waals surface area contributed by atoms with Gasteiger partial charge >= 0.3 is 0 Å². The smallest absolute Gasteiger partial charge is 0.0972 e. The van der Waals surface area contributed by atoms with Crippen LogP contribution in [-0.4, -0.2) is 19.1 Å². The summed E-state index contributed by atoms with van der Waals surface area (Å²) >= 11 is 1.87. The lowest BCUT2D eigenvalue weighted by atomic mass is 10.00. The summed E-state index contributed by atoms with van der Waals surface area (Å²) in [5.74, 6) is 0. The molecular weight excluding hydrogens is 809 g/mol. The Labute approximate surface area is 377 Å². The predicted molar refractivity (Wildman–Crippen MR) is 275 cm³/mol. The molecule has 65 heavy (non-hydrogen) atoms. The van der Waals surface area contributed by atoms with E-state index in [1.165, 1.54) is 74.9 Å². The van der Waals surface area contributed by atoms with Crippen LogP contribution in [0.2, 0.25) is 0 Å². The number of nitrogens with zero attached hydrogens (tertiary/aromatic N) is 4. The number of hydrogen-bond acceptors (Lipinski definition) is 3. The second kappa shape index (κ2) is 14.1. The SMILES string of the molecule is c1ccc2c(c1)sc1c(-c3ccc(-c4ccc5ccc6ccc(-c7cc(-n8c9ccccc9c9ccccc98)cc(-n8c9ccccc9c9ccccc98)c7)nc6c5n4)cc3)cccc12. The summed E-state index contributed by atoms with van der Waals surface area (Å²) in [7, 11) is 0. The van der Waals surface area contributed by atoms with Crippen molar-refractivity contribution in [3.05, 3.63) is 218 Å². The molecule has 0 fully saturated rings. The largest absolute Gasteiger partial charge is 0.309 e. The Morgan fingerprint density at radius 2 is 0.754 bits per heavy atom. The molecule has 0 radical (unpaired) electrons. The average molecular weight is 845 g/mol. The summed E-state index contributed by atoms with van der Waals surface area (Å²) in [6.07, 6.45) is 0. The fourth-order valence-corrected chi connectivity index (χ4v) is 11.5. The van der Waals surface area contributed by atoms with Gasteiger partial charge in [-0.2, -0.15) is 0 Å². The van der Waals surface area contributed by atoms with Gasteiger partial charge in [-0.1, -0.05) is 158 Å². The number of para-hydroxylation sites is 4. The molecule has 14 rings (SSSR count). The van der Waals surface area contributed by atoms with Crippen molar-refractivity contribution in [1.82, 2.24) is 19.1 Å². The molecule has 14 aromatic rings. The van der Waals surface area contributed by atoms with Crippen LogP contribution in [0.25, 0.3) is 131 Å². The first-order chi connectivity index (χ1) is 32.2. The molecule has 5 heteroatoms. The van der Waals surface area contributed by atoms with Gasteiger partial charge in [-0.15, -0.1) is 11.3 Å². The molecule has 4 nitrogen and oxygen atoms in total. The van der Waals surface area contributed by atoms with Crippen LogP contribution in [0, 0.1) is 0 Å². The monoisotopic (exact) mass is 844 g/mol. The van der Waals surface area contributed by atoms with Gasteiger partial charge in [-0.05, 0) is 71.8 Å². The Bertz CT molecular complexity index is 4010. The summed E-state index contributed by atoms with van der Waals surface area (Å²) in [5.41, 5.74) is 15.0. The van der Waals surface area contributed by atoms with E-state index in [0.29, 0.717) is 0 Å². The van der Waals surface area contributed by atoms with Gasteiger partial charge < -0.3 is 9.13 Å². The van der Waals surface area contributed by atoms with Crippen molar-refractivity contribution >= 4 is 96.9 Å². The van der Waals surface area contributed by atoms with E-state index in [9.17, 15) is 0 Å². The number of hydrogen-bond donors (Lipinski definition) is 0. The van der Waals surface area contributed by atoms with Crippen LogP contribution in [0.3, 0.4) is 0 Å². The summed E-state index contributed by atoms with van der Waals surface area (Å²) in [5, 5.41) is 9.65. The third-order valence-corrected chi connectivity index (χ3v) is 14.5. The molecule has 5 aromatic heterocycles. The lowest BCUT2D eigenvalue weighted by Crippen LogP contribution is -2.00. The van der Waals surface area contributed by atoms with Crippen LogP contribution in [0.4, 0.5) is 0 Å². The van der Waals surface area contributed by atoms with Gasteiger partial charge in [0, 0.05) is 75.0 Å². The molecule has 0 saturated carbocycles. The summed E-state index contributed by atoms with van der Waals surface area (Å²) in [6, 6.07) is 79.0. The fraction of sp³-hybridized carbons (Fsp3) is 0. The molecule has 0 aliphatic heterocycles. The molecule has 5 heterocycles. The first-order valence-electron chi connectivity index (χ1n) is 22.1. The van der Waals surface area contributed by atoms with E-state index in [-0.39, 0.29) is 0 Å². The van der Waals surface area contributed by atoms with E-state index in [1.54, 1.807) is 0 Å². The summed E-state index contributed by atoms with van der Waals surface area (Å²) in [6.45, 7) is 0. The number of thiophene rings is 1. The van der Waals surface area contributed by atoms with Crippen molar-refractivity contribution < 1.29 is 0 Å². The zero-order valence-corrected chi connectivity index (χ0v) is 35.8.